The average Bonchev–Trinajstić information content (AvgIpc) is 2.43. The van der Waals surface area contributed by atoms with Crippen LogP contribution in [-0.2, 0) is 6.42 Å². The molecule has 18 heavy (non-hydrogen) atoms. The largest absolute Gasteiger partial charge is 0.370 e. The number of hydrogen-bond acceptors (Lipinski definition) is 3. The highest BCUT2D eigenvalue weighted by Gasteiger charge is 2.09. The van der Waals surface area contributed by atoms with E-state index in [0.717, 1.165) is 17.1 Å². The normalized spacial score (nSPS) is 12.2. The fraction of sp³-hybridized carbons (Fsp3) is 0.667. The van der Waals surface area contributed by atoms with E-state index in [2.05, 4.69) is 43.0 Å². The Hall–Kier alpha value is -0.370. The third kappa shape index (κ3) is 6.53. The first-order valence-corrected chi connectivity index (χ1v) is 6.60. The smallest absolute Gasteiger partial charge is 0.188 e. The van der Waals surface area contributed by atoms with Gasteiger partial charge in [0.25, 0.3) is 0 Å². The first-order valence-electron chi connectivity index (χ1n) is 5.79. The van der Waals surface area contributed by atoms with Crippen LogP contribution < -0.4 is 11.1 Å². The van der Waals surface area contributed by atoms with Gasteiger partial charge in [-0.3, -0.25) is 4.99 Å². The molecule has 1 aromatic rings. The molecular weight excluding hydrogens is 359 g/mol. The number of aryl methyl sites for hydroxylation is 2. The van der Waals surface area contributed by atoms with Crippen molar-refractivity contribution in [3.63, 3.8) is 0 Å². The van der Waals surface area contributed by atoms with Gasteiger partial charge in [0.1, 0.15) is 0 Å². The van der Waals surface area contributed by atoms with Crippen LogP contribution in [0, 0.1) is 13.8 Å². The van der Waals surface area contributed by atoms with E-state index in [9.17, 15) is 0 Å². The summed E-state index contributed by atoms with van der Waals surface area (Å²) in [6, 6.07) is 0. The summed E-state index contributed by atoms with van der Waals surface area (Å²) < 4.78 is 0. The molecule has 0 fully saturated rings. The van der Waals surface area contributed by atoms with Gasteiger partial charge in [0, 0.05) is 23.4 Å². The number of rotatable bonds is 3. The Morgan fingerprint density at radius 3 is 2.44 bits per heavy atom. The van der Waals surface area contributed by atoms with E-state index in [1.165, 1.54) is 4.88 Å². The summed E-state index contributed by atoms with van der Waals surface area (Å²) in [6.07, 6.45) is 0.853. The average molecular weight is 382 g/mol. The van der Waals surface area contributed by atoms with Gasteiger partial charge >= 0.3 is 0 Å². The number of nitrogens with one attached hydrogen (secondary N) is 1. The molecule has 0 aromatic carbocycles. The first kappa shape index (κ1) is 17.6. The lowest BCUT2D eigenvalue weighted by molar-refractivity contribution is 0.508. The van der Waals surface area contributed by atoms with Crippen molar-refractivity contribution in [1.29, 1.82) is 0 Å². The molecule has 3 N–H and O–H groups in total. The molecule has 104 valence electrons. The molecule has 0 unspecified atom stereocenters. The van der Waals surface area contributed by atoms with Gasteiger partial charge in [0.05, 0.1) is 10.7 Å². The molecule has 0 saturated heterocycles. The molecule has 0 spiro atoms. The predicted octanol–water partition coefficient (Wildman–Crippen LogP) is 2.62. The second-order valence-electron chi connectivity index (χ2n) is 5.14. The minimum atomic E-state index is -0.0397. The monoisotopic (exact) mass is 382 g/mol. The molecule has 0 amide bonds. The van der Waals surface area contributed by atoms with Crippen LogP contribution in [0.2, 0.25) is 0 Å². The van der Waals surface area contributed by atoms with Crippen LogP contribution in [0.4, 0.5) is 0 Å². The van der Waals surface area contributed by atoms with Crippen molar-refractivity contribution in [3.8, 4) is 0 Å². The number of aliphatic imine (C=N–C) groups is 1. The number of aromatic nitrogens is 1. The molecule has 0 saturated carbocycles. The Kier molecular flexibility index (Phi) is 7.13. The number of nitrogens with two attached hydrogens (primary N) is 1. The molecule has 0 aliphatic carbocycles. The highest BCUT2D eigenvalue weighted by molar-refractivity contribution is 14.0. The molecule has 0 radical (unpaired) electrons. The summed E-state index contributed by atoms with van der Waals surface area (Å²) in [7, 11) is 0. The summed E-state index contributed by atoms with van der Waals surface area (Å²) in [4.78, 5) is 10.0. The lowest BCUT2D eigenvalue weighted by Gasteiger charge is -2.20. The van der Waals surface area contributed by atoms with E-state index < -0.39 is 0 Å². The van der Waals surface area contributed by atoms with Gasteiger partial charge in [-0.15, -0.1) is 35.3 Å². The van der Waals surface area contributed by atoms with Gasteiger partial charge in [-0.2, -0.15) is 0 Å². The minimum absolute atomic E-state index is 0. The van der Waals surface area contributed by atoms with E-state index in [1.54, 1.807) is 11.3 Å². The van der Waals surface area contributed by atoms with Crippen LogP contribution in [0.25, 0.3) is 0 Å². The second kappa shape index (κ2) is 7.28. The molecule has 6 heteroatoms. The standard InChI is InChI=1S/C12H22N4S.HI/c1-8-9(2)17-10(15-8)6-7-14-11(13)16-12(3,4)5;/h6-7H2,1-5H3,(H3,13,14,16);1H. The maximum absolute atomic E-state index is 5.78. The SMILES string of the molecule is Cc1nc(CCN=C(N)NC(C)(C)C)sc1C.I. The first-order chi connectivity index (χ1) is 7.78. The zero-order chi connectivity index (χ0) is 13.1. The third-order valence-electron chi connectivity index (χ3n) is 2.18. The number of halogens is 1. The van der Waals surface area contributed by atoms with Crippen molar-refractivity contribution in [1.82, 2.24) is 10.3 Å². The van der Waals surface area contributed by atoms with Gasteiger partial charge in [-0.1, -0.05) is 0 Å². The molecule has 4 nitrogen and oxygen atoms in total. The van der Waals surface area contributed by atoms with Crippen LogP contribution in [-0.4, -0.2) is 23.0 Å². The van der Waals surface area contributed by atoms with Gasteiger partial charge in [0.15, 0.2) is 5.96 Å². The zero-order valence-corrected chi connectivity index (χ0v) is 14.8. The Morgan fingerprint density at radius 2 is 2.00 bits per heavy atom. The second-order valence-corrected chi connectivity index (χ2v) is 6.43. The predicted molar refractivity (Wildman–Crippen MR) is 90.1 cm³/mol. The molecule has 0 aliphatic rings. The van der Waals surface area contributed by atoms with Crippen LogP contribution in [0.5, 0.6) is 0 Å². The van der Waals surface area contributed by atoms with Gasteiger partial charge in [0.2, 0.25) is 0 Å². The number of hydrogen-bond donors (Lipinski definition) is 2. The number of nitrogens with zero attached hydrogens (tertiary/aromatic N) is 2. The van der Waals surface area contributed by atoms with Crippen molar-refractivity contribution in [2.24, 2.45) is 10.7 Å². The molecule has 0 aliphatic heterocycles. The highest BCUT2D eigenvalue weighted by atomic mass is 127. The Labute approximate surface area is 131 Å². The van der Waals surface area contributed by atoms with Crippen molar-refractivity contribution in [2.75, 3.05) is 6.54 Å². The summed E-state index contributed by atoms with van der Waals surface area (Å²) >= 11 is 1.74. The number of guanidine groups is 1. The summed E-state index contributed by atoms with van der Waals surface area (Å²) in [5.41, 5.74) is 6.86. The zero-order valence-electron chi connectivity index (χ0n) is 11.7. The van der Waals surface area contributed by atoms with Crippen LogP contribution in [0.3, 0.4) is 0 Å². The van der Waals surface area contributed by atoms with Gasteiger partial charge in [-0.25, -0.2) is 4.98 Å². The molecule has 0 bridgehead atoms. The van der Waals surface area contributed by atoms with E-state index >= 15 is 0 Å². The maximum atomic E-state index is 5.78. The van der Waals surface area contributed by atoms with Gasteiger partial charge in [-0.05, 0) is 34.6 Å². The lowest BCUT2D eigenvalue weighted by atomic mass is 10.1. The molecule has 1 rings (SSSR count). The fourth-order valence-electron chi connectivity index (χ4n) is 1.34. The minimum Gasteiger partial charge on any atom is -0.370 e. The van der Waals surface area contributed by atoms with Crippen LogP contribution >= 0.6 is 35.3 Å². The van der Waals surface area contributed by atoms with Crippen LogP contribution in [0.1, 0.15) is 36.3 Å². The Bertz CT molecular complexity index is 387. The Balaban J connectivity index is 0.00000289. The summed E-state index contributed by atoms with van der Waals surface area (Å²) in [5.74, 6) is 0.502. The van der Waals surface area contributed by atoms with Crippen molar-refractivity contribution < 1.29 is 0 Å². The number of thiazole rings is 1. The molecule has 1 heterocycles. The lowest BCUT2D eigenvalue weighted by Crippen LogP contribution is -2.45. The van der Waals surface area contributed by atoms with Crippen molar-refractivity contribution in [2.45, 2.75) is 46.6 Å². The van der Waals surface area contributed by atoms with E-state index in [0.29, 0.717) is 12.5 Å². The van der Waals surface area contributed by atoms with Crippen molar-refractivity contribution >= 4 is 41.3 Å². The van der Waals surface area contributed by atoms with Gasteiger partial charge < -0.3 is 11.1 Å². The molecular formula is C12H23IN4S. The molecule has 0 atom stereocenters. The Morgan fingerprint density at radius 1 is 1.39 bits per heavy atom. The van der Waals surface area contributed by atoms with Crippen LogP contribution in [0.15, 0.2) is 4.99 Å². The van der Waals surface area contributed by atoms with E-state index in [1.807, 2.05) is 6.92 Å². The fourth-order valence-corrected chi connectivity index (χ4v) is 2.26. The highest BCUT2D eigenvalue weighted by Crippen LogP contribution is 2.16. The summed E-state index contributed by atoms with van der Waals surface area (Å²) in [6.45, 7) is 11.0. The summed E-state index contributed by atoms with van der Waals surface area (Å²) in [5, 5.41) is 4.26. The third-order valence-corrected chi connectivity index (χ3v) is 3.32. The maximum Gasteiger partial charge on any atom is 0.188 e. The molecule has 1 aromatic heterocycles. The quantitative estimate of drug-likeness (QED) is 0.480. The van der Waals surface area contributed by atoms with Crippen molar-refractivity contribution in [3.05, 3.63) is 15.6 Å². The van der Waals surface area contributed by atoms with E-state index in [4.69, 9.17) is 5.73 Å². The van der Waals surface area contributed by atoms with E-state index in [-0.39, 0.29) is 29.5 Å². The topological polar surface area (TPSA) is 63.3 Å².